The number of fused-ring (bicyclic) bond motifs is 1. The molecule has 110 valence electrons. The number of nitrogens with zero attached hydrogens (tertiary/aromatic N) is 2. The minimum Gasteiger partial charge on any atom is -0.395 e. The maximum atomic E-state index is 9.39. The first-order valence-electron chi connectivity index (χ1n) is 6.45. The molecule has 0 aliphatic rings. The Kier molecular flexibility index (Phi) is 5.06. The van der Waals surface area contributed by atoms with Crippen LogP contribution in [0, 0.1) is 6.92 Å². The Morgan fingerprint density at radius 1 is 1.45 bits per heavy atom. The van der Waals surface area contributed by atoms with E-state index in [1.165, 1.54) is 4.88 Å². The van der Waals surface area contributed by atoms with Gasteiger partial charge in [0, 0.05) is 23.2 Å². The van der Waals surface area contributed by atoms with Crippen molar-refractivity contribution in [1.29, 1.82) is 0 Å². The number of aliphatic hydroxyl groups excluding tert-OH is 1. The first-order chi connectivity index (χ1) is 9.58. The third kappa shape index (κ3) is 3.16. The van der Waals surface area contributed by atoms with Gasteiger partial charge < -0.3 is 15.7 Å². The van der Waals surface area contributed by atoms with Crippen molar-refractivity contribution in [3.63, 3.8) is 0 Å². The Morgan fingerprint density at radius 3 is 2.80 bits per heavy atom. The lowest BCUT2D eigenvalue weighted by atomic mass is 10.2. The van der Waals surface area contributed by atoms with E-state index in [4.69, 9.17) is 0 Å². The van der Waals surface area contributed by atoms with Gasteiger partial charge in [-0.05, 0) is 26.2 Å². The number of thiophene rings is 1. The van der Waals surface area contributed by atoms with Crippen molar-refractivity contribution in [2.24, 2.45) is 0 Å². The van der Waals surface area contributed by atoms with E-state index in [2.05, 4.69) is 40.5 Å². The van der Waals surface area contributed by atoms with Gasteiger partial charge in [-0.15, -0.1) is 11.3 Å². The number of hydrogen-bond acceptors (Lipinski definition) is 7. The van der Waals surface area contributed by atoms with Gasteiger partial charge in [0.05, 0.1) is 12.0 Å². The van der Waals surface area contributed by atoms with Gasteiger partial charge in [0.1, 0.15) is 10.6 Å². The second-order valence-corrected chi connectivity index (χ2v) is 6.92. The molecule has 2 atom stereocenters. The summed E-state index contributed by atoms with van der Waals surface area (Å²) < 4.78 is 0. The normalized spacial score (nSPS) is 14.2. The van der Waals surface area contributed by atoms with Crippen LogP contribution in [0.15, 0.2) is 6.07 Å². The Bertz CT molecular complexity index is 583. The van der Waals surface area contributed by atoms with Crippen LogP contribution in [0.4, 0.5) is 11.8 Å². The number of aliphatic hydroxyl groups is 1. The van der Waals surface area contributed by atoms with E-state index in [0.29, 0.717) is 5.95 Å². The first-order valence-corrected chi connectivity index (χ1v) is 8.55. The van der Waals surface area contributed by atoms with Crippen molar-refractivity contribution in [1.82, 2.24) is 9.97 Å². The van der Waals surface area contributed by atoms with E-state index in [0.717, 1.165) is 16.0 Å². The molecule has 0 aliphatic carbocycles. The fourth-order valence-corrected chi connectivity index (χ4v) is 3.51. The molecule has 0 saturated carbocycles. The molecule has 0 amide bonds. The van der Waals surface area contributed by atoms with Crippen molar-refractivity contribution in [3.8, 4) is 0 Å². The van der Waals surface area contributed by atoms with Gasteiger partial charge in [0.15, 0.2) is 0 Å². The van der Waals surface area contributed by atoms with Crippen LogP contribution >= 0.6 is 23.1 Å². The standard InChI is InChI=1S/C13H20N4OS2/c1-7-5-9-11(15-8(2)10(6-18)19-4)16-13(14-3)17-12(9)20-7/h5,8,10,18H,6H2,1-4H3,(H2,14,15,16,17). The van der Waals surface area contributed by atoms with Crippen LogP contribution in [0.2, 0.25) is 0 Å². The minimum atomic E-state index is 0.123. The first kappa shape index (κ1) is 15.3. The summed E-state index contributed by atoms with van der Waals surface area (Å²) in [7, 11) is 1.81. The molecule has 0 saturated heterocycles. The summed E-state index contributed by atoms with van der Waals surface area (Å²) in [5.74, 6) is 1.43. The second kappa shape index (κ2) is 6.60. The van der Waals surface area contributed by atoms with Gasteiger partial charge in [-0.3, -0.25) is 0 Å². The van der Waals surface area contributed by atoms with Crippen molar-refractivity contribution in [3.05, 3.63) is 10.9 Å². The van der Waals surface area contributed by atoms with Crippen LogP contribution in [-0.4, -0.2) is 46.3 Å². The second-order valence-electron chi connectivity index (χ2n) is 4.61. The highest BCUT2D eigenvalue weighted by molar-refractivity contribution is 7.99. The Balaban J connectivity index is 2.36. The molecule has 7 heteroatoms. The van der Waals surface area contributed by atoms with Crippen LogP contribution < -0.4 is 10.6 Å². The molecule has 0 spiro atoms. The number of aryl methyl sites for hydroxylation is 1. The van der Waals surface area contributed by atoms with E-state index in [1.807, 2.05) is 13.3 Å². The molecule has 0 radical (unpaired) electrons. The fourth-order valence-electron chi connectivity index (χ4n) is 2.01. The summed E-state index contributed by atoms with van der Waals surface area (Å²) in [4.78, 5) is 11.2. The maximum absolute atomic E-state index is 9.39. The van der Waals surface area contributed by atoms with Crippen LogP contribution in [0.1, 0.15) is 11.8 Å². The molecule has 5 nitrogen and oxygen atoms in total. The lowest BCUT2D eigenvalue weighted by Gasteiger charge is -2.22. The zero-order chi connectivity index (χ0) is 14.7. The highest BCUT2D eigenvalue weighted by Crippen LogP contribution is 2.30. The van der Waals surface area contributed by atoms with Crippen LogP contribution in [0.25, 0.3) is 10.2 Å². The van der Waals surface area contributed by atoms with Gasteiger partial charge in [-0.25, -0.2) is 4.98 Å². The van der Waals surface area contributed by atoms with Gasteiger partial charge >= 0.3 is 0 Å². The average Bonchev–Trinajstić information content (AvgIpc) is 2.80. The lowest BCUT2D eigenvalue weighted by molar-refractivity contribution is 0.288. The largest absolute Gasteiger partial charge is 0.395 e. The number of rotatable bonds is 6. The topological polar surface area (TPSA) is 70.1 Å². The van der Waals surface area contributed by atoms with Crippen molar-refractivity contribution in [2.75, 3.05) is 30.5 Å². The number of thioether (sulfide) groups is 1. The summed E-state index contributed by atoms with van der Waals surface area (Å²) in [6.07, 6.45) is 2.00. The third-order valence-corrected chi connectivity index (χ3v) is 5.25. The summed E-state index contributed by atoms with van der Waals surface area (Å²) in [5, 5.41) is 17.0. The molecule has 0 aliphatic heterocycles. The number of nitrogens with one attached hydrogen (secondary N) is 2. The van der Waals surface area contributed by atoms with Gasteiger partial charge in [-0.1, -0.05) is 0 Å². The van der Waals surface area contributed by atoms with Gasteiger partial charge in [-0.2, -0.15) is 16.7 Å². The molecule has 0 fully saturated rings. The fraction of sp³-hybridized carbons (Fsp3) is 0.538. The molecule has 3 N–H and O–H groups in total. The van der Waals surface area contributed by atoms with Crippen LogP contribution in [0.3, 0.4) is 0 Å². The summed E-state index contributed by atoms with van der Waals surface area (Å²) in [6, 6.07) is 2.22. The molecule has 20 heavy (non-hydrogen) atoms. The number of aromatic nitrogens is 2. The van der Waals surface area contributed by atoms with Crippen molar-refractivity contribution >= 4 is 45.1 Å². The molecule has 2 aromatic rings. The SMILES string of the molecule is CNc1nc(NC(C)C(CO)SC)c2cc(C)sc2n1. The summed E-state index contributed by atoms with van der Waals surface area (Å²) >= 11 is 3.31. The molecular weight excluding hydrogens is 292 g/mol. The monoisotopic (exact) mass is 312 g/mol. The van der Waals surface area contributed by atoms with E-state index >= 15 is 0 Å². The Labute approximate surface area is 127 Å². The van der Waals surface area contributed by atoms with Crippen molar-refractivity contribution in [2.45, 2.75) is 25.1 Å². The molecule has 0 aromatic carbocycles. The molecule has 2 heterocycles. The zero-order valence-corrected chi connectivity index (χ0v) is 13.7. The van der Waals surface area contributed by atoms with Gasteiger partial charge in [0.2, 0.25) is 5.95 Å². The average molecular weight is 312 g/mol. The summed E-state index contributed by atoms with van der Waals surface area (Å²) in [6.45, 7) is 4.27. The van der Waals surface area contributed by atoms with E-state index in [9.17, 15) is 5.11 Å². The summed E-state index contributed by atoms with van der Waals surface area (Å²) in [5.41, 5.74) is 0. The lowest BCUT2D eigenvalue weighted by Crippen LogP contribution is -2.31. The minimum absolute atomic E-state index is 0.123. The van der Waals surface area contributed by atoms with Crippen LogP contribution in [-0.2, 0) is 0 Å². The zero-order valence-electron chi connectivity index (χ0n) is 12.1. The predicted octanol–water partition coefficient (Wildman–Crippen LogP) is 2.57. The number of anilines is 2. The van der Waals surface area contributed by atoms with E-state index < -0.39 is 0 Å². The van der Waals surface area contributed by atoms with Crippen molar-refractivity contribution < 1.29 is 5.11 Å². The maximum Gasteiger partial charge on any atom is 0.225 e. The molecule has 2 unspecified atom stereocenters. The number of hydrogen-bond donors (Lipinski definition) is 3. The van der Waals surface area contributed by atoms with Gasteiger partial charge in [0.25, 0.3) is 0 Å². The Morgan fingerprint density at radius 2 is 2.20 bits per heavy atom. The smallest absolute Gasteiger partial charge is 0.225 e. The molecular formula is C13H20N4OS2. The quantitative estimate of drug-likeness (QED) is 0.761. The molecule has 2 aromatic heterocycles. The Hall–Kier alpha value is -1.05. The highest BCUT2D eigenvalue weighted by Gasteiger charge is 2.18. The molecule has 0 bridgehead atoms. The predicted molar refractivity (Wildman–Crippen MR) is 89.2 cm³/mol. The van der Waals surface area contributed by atoms with Crippen LogP contribution in [0.5, 0.6) is 0 Å². The van der Waals surface area contributed by atoms with E-state index in [1.54, 1.807) is 23.1 Å². The van der Waals surface area contributed by atoms with E-state index in [-0.39, 0.29) is 17.9 Å². The third-order valence-electron chi connectivity index (χ3n) is 3.14. The molecule has 2 rings (SSSR count). The highest BCUT2D eigenvalue weighted by atomic mass is 32.2.